The minimum absolute atomic E-state index is 0.00921. The predicted molar refractivity (Wildman–Crippen MR) is 139 cm³/mol. The van der Waals surface area contributed by atoms with Crippen LogP contribution in [0.1, 0.15) is 62.8 Å². The van der Waals surface area contributed by atoms with Gasteiger partial charge >= 0.3 is 5.97 Å². The van der Waals surface area contributed by atoms with E-state index in [1.54, 1.807) is 6.08 Å². The number of carbonyl (C=O) groups is 1. The third kappa shape index (κ3) is 4.94. The lowest BCUT2D eigenvalue weighted by Gasteiger charge is -2.43. The SMILES string of the molecule is COC(=O)C=Cc1cccc(-c2ccc3c(c2OCc2ccccc2)C(C)(C)CCC3(C)C)c1. The average Bonchev–Trinajstić information content (AvgIpc) is 2.84. The fourth-order valence-electron chi connectivity index (χ4n) is 4.85. The van der Waals surface area contributed by atoms with Crippen LogP contribution in [0, 0.1) is 0 Å². The third-order valence-electron chi connectivity index (χ3n) is 6.98. The monoisotopic (exact) mass is 454 g/mol. The quantitative estimate of drug-likeness (QED) is 0.286. The summed E-state index contributed by atoms with van der Waals surface area (Å²) in [5.74, 6) is 0.600. The Balaban J connectivity index is 1.85. The second kappa shape index (κ2) is 9.50. The third-order valence-corrected chi connectivity index (χ3v) is 6.98. The zero-order valence-corrected chi connectivity index (χ0v) is 20.9. The Labute approximate surface area is 203 Å². The van der Waals surface area contributed by atoms with Gasteiger partial charge < -0.3 is 9.47 Å². The predicted octanol–water partition coefficient (Wildman–Crippen LogP) is 7.47. The summed E-state index contributed by atoms with van der Waals surface area (Å²) >= 11 is 0. The Hall–Kier alpha value is -3.33. The van der Waals surface area contributed by atoms with Gasteiger partial charge in [0.05, 0.1) is 7.11 Å². The van der Waals surface area contributed by atoms with Gasteiger partial charge in [-0.25, -0.2) is 4.79 Å². The van der Waals surface area contributed by atoms with Crippen molar-refractivity contribution in [3.63, 3.8) is 0 Å². The van der Waals surface area contributed by atoms with Gasteiger partial charge in [0.1, 0.15) is 12.4 Å². The molecule has 0 atom stereocenters. The second-order valence-corrected chi connectivity index (χ2v) is 10.4. The maximum atomic E-state index is 11.6. The largest absolute Gasteiger partial charge is 0.488 e. The number of hydrogen-bond acceptors (Lipinski definition) is 3. The molecule has 4 rings (SSSR count). The number of esters is 1. The normalized spacial score (nSPS) is 16.1. The van der Waals surface area contributed by atoms with E-state index in [0.717, 1.165) is 40.8 Å². The first kappa shape index (κ1) is 23.8. The molecule has 3 heteroatoms. The van der Waals surface area contributed by atoms with Gasteiger partial charge in [0, 0.05) is 17.2 Å². The van der Waals surface area contributed by atoms with Gasteiger partial charge in [0.25, 0.3) is 0 Å². The van der Waals surface area contributed by atoms with Crippen molar-refractivity contribution >= 4 is 12.0 Å². The number of methoxy groups -OCH3 is 1. The highest BCUT2D eigenvalue weighted by molar-refractivity contribution is 5.87. The Morgan fingerprint density at radius 1 is 0.912 bits per heavy atom. The van der Waals surface area contributed by atoms with Crippen LogP contribution in [0.15, 0.2) is 72.8 Å². The summed E-state index contributed by atoms with van der Waals surface area (Å²) in [7, 11) is 1.38. The maximum absolute atomic E-state index is 11.6. The second-order valence-electron chi connectivity index (χ2n) is 10.4. The Kier molecular flexibility index (Phi) is 6.65. The van der Waals surface area contributed by atoms with Crippen LogP contribution in [0.2, 0.25) is 0 Å². The van der Waals surface area contributed by atoms with Crippen LogP contribution >= 0.6 is 0 Å². The van der Waals surface area contributed by atoms with Crippen LogP contribution in [-0.2, 0) is 27.0 Å². The Morgan fingerprint density at radius 2 is 1.65 bits per heavy atom. The number of carbonyl (C=O) groups excluding carboxylic acids is 1. The zero-order valence-electron chi connectivity index (χ0n) is 20.9. The number of fused-ring (bicyclic) bond motifs is 1. The molecule has 0 saturated heterocycles. The Bertz CT molecular complexity index is 1200. The highest BCUT2D eigenvalue weighted by atomic mass is 16.5. The van der Waals surface area contributed by atoms with Crippen LogP contribution in [0.25, 0.3) is 17.2 Å². The fraction of sp³-hybridized carbons (Fsp3) is 0.323. The lowest BCUT2D eigenvalue weighted by Crippen LogP contribution is -2.34. The average molecular weight is 455 g/mol. The molecule has 0 N–H and O–H groups in total. The molecule has 0 saturated carbocycles. The van der Waals surface area contributed by atoms with Crippen LogP contribution in [-0.4, -0.2) is 13.1 Å². The molecule has 3 nitrogen and oxygen atoms in total. The first-order valence-electron chi connectivity index (χ1n) is 11.9. The highest BCUT2D eigenvalue weighted by Gasteiger charge is 2.40. The van der Waals surface area contributed by atoms with E-state index in [2.05, 4.69) is 64.1 Å². The molecule has 0 spiro atoms. The molecule has 0 unspecified atom stereocenters. The molecule has 0 aromatic heterocycles. The molecule has 0 aliphatic heterocycles. The fourth-order valence-corrected chi connectivity index (χ4v) is 4.85. The molecular formula is C31H34O3. The molecule has 0 radical (unpaired) electrons. The lowest BCUT2D eigenvalue weighted by molar-refractivity contribution is -0.134. The molecule has 1 aliphatic carbocycles. The molecule has 0 heterocycles. The molecular weight excluding hydrogens is 420 g/mol. The summed E-state index contributed by atoms with van der Waals surface area (Å²) in [4.78, 5) is 11.6. The number of rotatable bonds is 6. The number of ether oxygens (including phenoxy) is 2. The molecule has 0 fully saturated rings. The van der Waals surface area contributed by atoms with E-state index in [0.29, 0.717) is 6.61 Å². The first-order valence-corrected chi connectivity index (χ1v) is 11.9. The van der Waals surface area contributed by atoms with Gasteiger partial charge in [-0.2, -0.15) is 0 Å². The van der Waals surface area contributed by atoms with Crippen molar-refractivity contribution in [1.29, 1.82) is 0 Å². The van der Waals surface area contributed by atoms with E-state index in [1.807, 2.05) is 30.3 Å². The summed E-state index contributed by atoms with van der Waals surface area (Å²) in [6, 6.07) is 23.0. The molecule has 0 bridgehead atoms. The van der Waals surface area contributed by atoms with E-state index in [4.69, 9.17) is 9.47 Å². The van der Waals surface area contributed by atoms with Crippen molar-refractivity contribution in [3.8, 4) is 16.9 Å². The Morgan fingerprint density at radius 3 is 2.38 bits per heavy atom. The van der Waals surface area contributed by atoms with Crippen LogP contribution in [0.5, 0.6) is 5.75 Å². The van der Waals surface area contributed by atoms with Crippen LogP contribution in [0.3, 0.4) is 0 Å². The number of hydrogen-bond donors (Lipinski definition) is 0. The van der Waals surface area contributed by atoms with Gasteiger partial charge in [0.15, 0.2) is 0 Å². The minimum Gasteiger partial charge on any atom is -0.488 e. The van der Waals surface area contributed by atoms with Crippen molar-refractivity contribution in [2.45, 2.75) is 58.0 Å². The summed E-state index contributed by atoms with van der Waals surface area (Å²) in [5.41, 5.74) is 7.02. The van der Waals surface area contributed by atoms with Crippen molar-refractivity contribution in [1.82, 2.24) is 0 Å². The summed E-state index contributed by atoms with van der Waals surface area (Å²) < 4.78 is 11.4. The zero-order chi connectivity index (χ0) is 24.3. The van der Waals surface area contributed by atoms with E-state index in [-0.39, 0.29) is 16.8 Å². The van der Waals surface area contributed by atoms with E-state index in [9.17, 15) is 4.79 Å². The van der Waals surface area contributed by atoms with E-state index in [1.165, 1.54) is 24.3 Å². The summed E-state index contributed by atoms with van der Waals surface area (Å²) in [6.07, 6.45) is 5.49. The van der Waals surface area contributed by atoms with Crippen molar-refractivity contribution in [3.05, 3.63) is 95.1 Å². The topological polar surface area (TPSA) is 35.5 Å². The van der Waals surface area contributed by atoms with Crippen LogP contribution < -0.4 is 4.74 Å². The molecule has 3 aromatic carbocycles. The van der Waals surface area contributed by atoms with Crippen LogP contribution in [0.4, 0.5) is 0 Å². The van der Waals surface area contributed by atoms with Crippen molar-refractivity contribution in [2.24, 2.45) is 0 Å². The number of benzene rings is 3. The highest BCUT2D eigenvalue weighted by Crippen LogP contribution is 2.52. The first-order chi connectivity index (χ1) is 16.2. The lowest BCUT2D eigenvalue weighted by atomic mass is 9.62. The van der Waals surface area contributed by atoms with Gasteiger partial charge in [-0.05, 0) is 58.1 Å². The summed E-state index contributed by atoms with van der Waals surface area (Å²) in [6.45, 7) is 9.84. The molecule has 0 amide bonds. The smallest absolute Gasteiger partial charge is 0.330 e. The molecule has 3 aromatic rings. The minimum atomic E-state index is -0.366. The molecule has 176 valence electrons. The van der Waals surface area contributed by atoms with Crippen molar-refractivity contribution < 1.29 is 14.3 Å². The maximum Gasteiger partial charge on any atom is 0.330 e. The summed E-state index contributed by atoms with van der Waals surface area (Å²) in [5, 5.41) is 0. The van der Waals surface area contributed by atoms with Gasteiger partial charge in [-0.1, -0.05) is 88.4 Å². The van der Waals surface area contributed by atoms with Gasteiger partial charge in [-0.3, -0.25) is 0 Å². The van der Waals surface area contributed by atoms with E-state index < -0.39 is 0 Å². The van der Waals surface area contributed by atoms with Crippen molar-refractivity contribution in [2.75, 3.05) is 7.11 Å². The standard InChI is InChI=1S/C31H34O3/c1-30(2)18-19-31(3,4)28-26(30)16-15-25(29(28)34-21-23-10-7-6-8-11-23)24-13-9-12-22(20-24)14-17-27(32)33-5/h6-17,20H,18-19,21H2,1-5H3. The molecule has 34 heavy (non-hydrogen) atoms. The molecule has 1 aliphatic rings. The van der Waals surface area contributed by atoms with E-state index >= 15 is 0 Å². The van der Waals surface area contributed by atoms with Gasteiger partial charge in [-0.15, -0.1) is 0 Å². The van der Waals surface area contributed by atoms with Gasteiger partial charge in [0.2, 0.25) is 0 Å².